The van der Waals surface area contributed by atoms with Gasteiger partial charge in [0.1, 0.15) is 0 Å². The molecule has 0 fully saturated rings. The van der Waals surface area contributed by atoms with Gasteiger partial charge in [-0.25, -0.2) is 0 Å². The highest BCUT2D eigenvalue weighted by molar-refractivity contribution is 7.98. The van der Waals surface area contributed by atoms with Crippen LogP contribution in [0.2, 0.25) is 0 Å². The van der Waals surface area contributed by atoms with Crippen molar-refractivity contribution in [1.29, 1.82) is 0 Å². The van der Waals surface area contributed by atoms with Crippen molar-refractivity contribution in [3.8, 4) is 0 Å². The van der Waals surface area contributed by atoms with Crippen molar-refractivity contribution in [2.24, 2.45) is 0 Å². The van der Waals surface area contributed by atoms with Gasteiger partial charge < -0.3 is 5.32 Å². The number of amides is 1. The number of nitrogens with one attached hydrogen (secondary N) is 1. The van der Waals surface area contributed by atoms with E-state index >= 15 is 0 Å². The molecule has 1 N–H and O–H groups in total. The Labute approximate surface area is 159 Å². The van der Waals surface area contributed by atoms with Gasteiger partial charge in [-0.15, -0.1) is 11.8 Å². The minimum Gasteiger partial charge on any atom is -0.345 e. The monoisotopic (exact) mass is 361 g/mol. The Balaban J connectivity index is 1.70. The minimum absolute atomic E-state index is 0.0321. The van der Waals surface area contributed by atoms with Gasteiger partial charge in [-0.05, 0) is 37.1 Å². The summed E-state index contributed by atoms with van der Waals surface area (Å²) in [6.45, 7) is 4.08. The lowest BCUT2D eigenvalue weighted by Crippen LogP contribution is -2.27. The Bertz CT molecular complexity index is 859. The number of aryl methyl sites for hydroxylation is 1. The summed E-state index contributed by atoms with van der Waals surface area (Å²) in [6.07, 6.45) is 0. The molecule has 0 aliphatic heterocycles. The summed E-state index contributed by atoms with van der Waals surface area (Å²) in [6, 6.07) is 26.3. The van der Waals surface area contributed by atoms with Crippen LogP contribution in [0.15, 0.2) is 83.8 Å². The van der Waals surface area contributed by atoms with Gasteiger partial charge in [0.2, 0.25) is 0 Å². The fourth-order valence-corrected chi connectivity index (χ4v) is 3.73. The molecule has 3 aromatic rings. The van der Waals surface area contributed by atoms with Crippen molar-refractivity contribution in [3.63, 3.8) is 0 Å². The molecule has 0 saturated heterocycles. The maximum absolute atomic E-state index is 12.8. The largest absolute Gasteiger partial charge is 0.345 e. The van der Waals surface area contributed by atoms with Crippen LogP contribution in [0.25, 0.3) is 0 Å². The maximum Gasteiger partial charge on any atom is 0.252 e. The number of hydrogen-bond acceptors (Lipinski definition) is 2. The highest BCUT2D eigenvalue weighted by atomic mass is 32.2. The molecule has 1 amide bonds. The van der Waals surface area contributed by atoms with E-state index in [1.807, 2.05) is 49.4 Å². The van der Waals surface area contributed by atoms with Gasteiger partial charge in [0.05, 0.1) is 11.6 Å². The van der Waals surface area contributed by atoms with Gasteiger partial charge >= 0.3 is 0 Å². The molecule has 0 radical (unpaired) electrons. The number of rotatable bonds is 6. The molecular weight excluding hydrogens is 338 g/mol. The van der Waals surface area contributed by atoms with E-state index in [9.17, 15) is 4.79 Å². The molecule has 0 bridgehead atoms. The standard InChI is InChI=1S/C23H23NOS/c1-17-12-14-20(15-13-17)18(2)24-23(25)21-10-6-7-11-22(21)26-16-19-8-4-3-5-9-19/h3-15,18H,16H2,1-2H3,(H,24,25). The lowest BCUT2D eigenvalue weighted by atomic mass is 10.1. The van der Waals surface area contributed by atoms with Crippen LogP contribution in [0.5, 0.6) is 0 Å². The van der Waals surface area contributed by atoms with Crippen LogP contribution < -0.4 is 5.32 Å². The molecule has 0 aromatic heterocycles. The predicted molar refractivity (Wildman–Crippen MR) is 110 cm³/mol. The first kappa shape index (κ1) is 18.3. The second-order valence-corrected chi connectivity index (χ2v) is 7.39. The van der Waals surface area contributed by atoms with Gasteiger partial charge in [0, 0.05) is 10.6 Å². The van der Waals surface area contributed by atoms with Crippen molar-refractivity contribution >= 4 is 17.7 Å². The molecular formula is C23H23NOS. The zero-order chi connectivity index (χ0) is 18.4. The van der Waals surface area contributed by atoms with Crippen molar-refractivity contribution in [2.75, 3.05) is 0 Å². The van der Waals surface area contributed by atoms with E-state index in [1.54, 1.807) is 11.8 Å². The van der Waals surface area contributed by atoms with Gasteiger partial charge in [-0.3, -0.25) is 4.79 Å². The van der Waals surface area contributed by atoms with Crippen LogP contribution in [0, 0.1) is 6.92 Å². The fourth-order valence-electron chi connectivity index (χ4n) is 2.73. The Morgan fingerprint density at radius 1 is 0.923 bits per heavy atom. The quantitative estimate of drug-likeness (QED) is 0.564. The highest BCUT2D eigenvalue weighted by Crippen LogP contribution is 2.27. The SMILES string of the molecule is Cc1ccc(C(C)NC(=O)c2ccccc2SCc2ccccc2)cc1. The zero-order valence-electron chi connectivity index (χ0n) is 15.1. The average molecular weight is 362 g/mol. The first-order valence-electron chi connectivity index (χ1n) is 8.76. The van der Waals surface area contributed by atoms with Crippen LogP contribution in [0.4, 0.5) is 0 Å². The van der Waals surface area contributed by atoms with Crippen LogP contribution in [0.1, 0.15) is 40.0 Å². The number of hydrogen-bond donors (Lipinski definition) is 1. The molecule has 0 spiro atoms. The third kappa shape index (κ3) is 4.77. The fraction of sp³-hybridized carbons (Fsp3) is 0.174. The number of thioether (sulfide) groups is 1. The molecule has 0 aliphatic carbocycles. The third-order valence-electron chi connectivity index (χ3n) is 4.29. The van der Waals surface area contributed by atoms with E-state index in [4.69, 9.17) is 0 Å². The van der Waals surface area contributed by atoms with Crippen LogP contribution >= 0.6 is 11.8 Å². The molecule has 3 heteroatoms. The van der Waals surface area contributed by atoms with E-state index in [2.05, 4.69) is 48.6 Å². The third-order valence-corrected chi connectivity index (χ3v) is 5.44. The zero-order valence-corrected chi connectivity index (χ0v) is 15.9. The average Bonchev–Trinajstić information content (AvgIpc) is 2.68. The second kappa shape index (κ2) is 8.72. The summed E-state index contributed by atoms with van der Waals surface area (Å²) >= 11 is 1.69. The molecule has 0 aliphatic rings. The Morgan fingerprint density at radius 3 is 2.31 bits per heavy atom. The summed E-state index contributed by atoms with van der Waals surface area (Å²) in [5.74, 6) is 0.813. The smallest absolute Gasteiger partial charge is 0.252 e. The van der Waals surface area contributed by atoms with Crippen molar-refractivity contribution < 1.29 is 4.79 Å². The summed E-state index contributed by atoms with van der Waals surface area (Å²) in [5, 5.41) is 3.12. The van der Waals surface area contributed by atoms with Gasteiger partial charge in [0.15, 0.2) is 0 Å². The normalized spacial score (nSPS) is 11.8. The molecule has 3 aromatic carbocycles. The van der Waals surface area contributed by atoms with E-state index < -0.39 is 0 Å². The van der Waals surface area contributed by atoms with Crippen molar-refractivity contribution in [1.82, 2.24) is 5.32 Å². The van der Waals surface area contributed by atoms with Crippen LogP contribution in [0.3, 0.4) is 0 Å². The topological polar surface area (TPSA) is 29.1 Å². The summed E-state index contributed by atoms with van der Waals surface area (Å²) in [5.41, 5.74) is 4.31. The summed E-state index contributed by atoms with van der Waals surface area (Å²) in [7, 11) is 0. The molecule has 132 valence electrons. The lowest BCUT2D eigenvalue weighted by molar-refractivity contribution is 0.0937. The molecule has 0 heterocycles. The number of carbonyl (C=O) groups is 1. The number of carbonyl (C=O) groups excluding carboxylic acids is 1. The summed E-state index contributed by atoms with van der Waals surface area (Å²) in [4.78, 5) is 13.8. The van der Waals surface area contributed by atoms with E-state index in [1.165, 1.54) is 11.1 Å². The maximum atomic E-state index is 12.8. The highest BCUT2D eigenvalue weighted by Gasteiger charge is 2.15. The first-order chi connectivity index (χ1) is 12.6. The van der Waals surface area contributed by atoms with Gasteiger partial charge in [-0.1, -0.05) is 72.3 Å². The lowest BCUT2D eigenvalue weighted by Gasteiger charge is -2.16. The van der Waals surface area contributed by atoms with E-state index in [0.29, 0.717) is 0 Å². The molecule has 1 atom stereocenters. The van der Waals surface area contributed by atoms with Gasteiger partial charge in [0.25, 0.3) is 5.91 Å². The predicted octanol–water partition coefficient (Wildman–Crippen LogP) is 5.78. The summed E-state index contributed by atoms with van der Waals surface area (Å²) < 4.78 is 0. The van der Waals surface area contributed by atoms with Crippen LogP contribution in [-0.4, -0.2) is 5.91 Å². The second-order valence-electron chi connectivity index (χ2n) is 6.38. The van der Waals surface area contributed by atoms with E-state index in [0.717, 1.165) is 21.8 Å². The first-order valence-corrected chi connectivity index (χ1v) is 9.75. The van der Waals surface area contributed by atoms with E-state index in [-0.39, 0.29) is 11.9 Å². The Kier molecular flexibility index (Phi) is 6.13. The van der Waals surface area contributed by atoms with Crippen molar-refractivity contribution in [3.05, 3.63) is 101 Å². The van der Waals surface area contributed by atoms with Crippen LogP contribution in [-0.2, 0) is 5.75 Å². The molecule has 3 rings (SSSR count). The van der Waals surface area contributed by atoms with Gasteiger partial charge in [-0.2, -0.15) is 0 Å². The Hall–Kier alpha value is -2.52. The molecule has 1 unspecified atom stereocenters. The number of benzene rings is 3. The van der Waals surface area contributed by atoms with Crippen molar-refractivity contribution in [2.45, 2.75) is 30.5 Å². The molecule has 26 heavy (non-hydrogen) atoms. The Morgan fingerprint density at radius 2 is 1.58 bits per heavy atom. The molecule has 0 saturated carbocycles. The molecule has 2 nitrogen and oxygen atoms in total. The minimum atomic E-state index is -0.0331.